The van der Waals surface area contributed by atoms with Gasteiger partial charge in [0.1, 0.15) is 5.82 Å². The number of aromatic nitrogens is 3. The minimum absolute atomic E-state index is 0.285. The Bertz CT molecular complexity index is 811. The lowest BCUT2D eigenvalue weighted by atomic mass is 10.0. The molecule has 112 valence electrons. The molecule has 2 aromatic heterocycles. The third-order valence-electron chi connectivity index (χ3n) is 3.58. The third kappa shape index (κ3) is 2.90. The molecule has 3 aromatic rings. The predicted octanol–water partition coefficient (Wildman–Crippen LogP) is 2.02. The Labute approximate surface area is 127 Å². The number of aromatic amines is 1. The number of hydrogen-bond acceptors (Lipinski definition) is 4. The number of primary amides is 1. The van der Waals surface area contributed by atoms with E-state index in [1.807, 2.05) is 30.3 Å². The maximum atomic E-state index is 10.9. The van der Waals surface area contributed by atoms with Crippen LogP contribution in [0.5, 0.6) is 0 Å². The van der Waals surface area contributed by atoms with Crippen LogP contribution >= 0.6 is 0 Å². The Morgan fingerprint density at radius 2 is 2.09 bits per heavy atom. The second-order valence-corrected chi connectivity index (χ2v) is 5.22. The zero-order valence-electron chi connectivity index (χ0n) is 12.0. The monoisotopic (exact) mass is 295 g/mol. The van der Waals surface area contributed by atoms with Gasteiger partial charge in [-0.3, -0.25) is 9.89 Å². The summed E-state index contributed by atoms with van der Waals surface area (Å²) in [4.78, 5) is 15.3. The smallest absolute Gasteiger partial charge is 0.217 e. The highest BCUT2D eigenvalue weighted by molar-refractivity contribution is 5.87. The zero-order valence-corrected chi connectivity index (χ0v) is 12.0. The Hall–Kier alpha value is -2.89. The van der Waals surface area contributed by atoms with Crippen LogP contribution in [0.15, 0.2) is 36.5 Å². The summed E-state index contributed by atoms with van der Waals surface area (Å²) in [5.41, 5.74) is 14.8. The van der Waals surface area contributed by atoms with E-state index in [1.54, 1.807) is 6.20 Å². The van der Waals surface area contributed by atoms with Gasteiger partial charge in [0, 0.05) is 23.6 Å². The van der Waals surface area contributed by atoms with Crippen molar-refractivity contribution in [2.24, 2.45) is 5.73 Å². The third-order valence-corrected chi connectivity index (χ3v) is 3.58. The second kappa shape index (κ2) is 5.85. The van der Waals surface area contributed by atoms with Crippen LogP contribution in [0, 0.1) is 0 Å². The number of nitrogen functional groups attached to an aromatic ring is 1. The Morgan fingerprint density at radius 1 is 1.23 bits per heavy atom. The predicted molar refractivity (Wildman–Crippen MR) is 85.9 cm³/mol. The summed E-state index contributed by atoms with van der Waals surface area (Å²) in [6.07, 6.45) is 3.60. The lowest BCUT2D eigenvalue weighted by molar-refractivity contribution is -0.118. The van der Waals surface area contributed by atoms with Gasteiger partial charge in [-0.25, -0.2) is 4.98 Å². The number of hydrogen-bond donors (Lipinski definition) is 3. The van der Waals surface area contributed by atoms with Crippen molar-refractivity contribution in [1.29, 1.82) is 0 Å². The molecule has 0 unspecified atom stereocenters. The van der Waals surface area contributed by atoms with Crippen LogP contribution in [0.1, 0.15) is 18.4 Å². The number of aryl methyl sites for hydroxylation is 1. The van der Waals surface area contributed by atoms with E-state index < -0.39 is 0 Å². The quantitative estimate of drug-likeness (QED) is 0.668. The van der Waals surface area contributed by atoms with Crippen molar-refractivity contribution in [2.45, 2.75) is 19.3 Å². The average Bonchev–Trinajstić information content (AvgIpc) is 3.00. The van der Waals surface area contributed by atoms with E-state index >= 15 is 0 Å². The fraction of sp³-hybridized carbons (Fsp3) is 0.188. The summed E-state index contributed by atoms with van der Waals surface area (Å²) in [5, 5.41) is 8.01. The van der Waals surface area contributed by atoms with Gasteiger partial charge in [-0.1, -0.05) is 12.1 Å². The molecule has 3 rings (SSSR count). The first-order valence-electron chi connectivity index (χ1n) is 7.11. The van der Waals surface area contributed by atoms with Crippen LogP contribution in [0.2, 0.25) is 0 Å². The summed E-state index contributed by atoms with van der Waals surface area (Å²) in [6, 6.07) is 9.76. The average molecular weight is 295 g/mol. The molecule has 0 saturated heterocycles. The largest absolute Gasteiger partial charge is 0.384 e. The van der Waals surface area contributed by atoms with E-state index in [4.69, 9.17) is 11.5 Å². The minimum Gasteiger partial charge on any atom is -0.384 e. The van der Waals surface area contributed by atoms with Crippen molar-refractivity contribution in [3.8, 4) is 11.3 Å². The number of H-pyrrole nitrogens is 1. The maximum Gasteiger partial charge on any atom is 0.217 e. The molecule has 6 heteroatoms. The number of nitrogens with one attached hydrogen (secondary N) is 1. The molecule has 0 fully saturated rings. The van der Waals surface area contributed by atoms with Gasteiger partial charge in [-0.2, -0.15) is 5.10 Å². The van der Waals surface area contributed by atoms with Gasteiger partial charge in [-0.05, 0) is 36.6 Å². The summed E-state index contributed by atoms with van der Waals surface area (Å²) in [7, 11) is 0. The number of nitrogens with zero attached hydrogens (tertiary/aromatic N) is 2. The number of amides is 1. The molecule has 22 heavy (non-hydrogen) atoms. The normalized spacial score (nSPS) is 10.9. The fourth-order valence-corrected chi connectivity index (χ4v) is 2.56. The Balaban J connectivity index is 1.97. The molecular weight excluding hydrogens is 278 g/mol. The molecule has 0 atom stereocenters. The van der Waals surface area contributed by atoms with Gasteiger partial charge in [-0.15, -0.1) is 0 Å². The number of benzene rings is 1. The van der Waals surface area contributed by atoms with Gasteiger partial charge in [0.2, 0.25) is 5.91 Å². The fourth-order valence-electron chi connectivity index (χ4n) is 2.56. The van der Waals surface area contributed by atoms with E-state index in [1.165, 1.54) is 0 Å². The van der Waals surface area contributed by atoms with Crippen molar-refractivity contribution >= 4 is 22.6 Å². The molecule has 0 saturated carbocycles. The topological polar surface area (TPSA) is 111 Å². The van der Waals surface area contributed by atoms with Crippen LogP contribution in [0.3, 0.4) is 0 Å². The maximum absolute atomic E-state index is 10.9. The number of fused-ring (bicyclic) bond motifs is 1. The van der Waals surface area contributed by atoms with E-state index in [0.29, 0.717) is 18.7 Å². The molecule has 1 amide bonds. The van der Waals surface area contributed by atoms with E-state index in [0.717, 1.165) is 34.1 Å². The minimum atomic E-state index is -0.285. The number of anilines is 1. The van der Waals surface area contributed by atoms with Crippen LogP contribution in [-0.4, -0.2) is 21.1 Å². The molecule has 0 bridgehead atoms. The van der Waals surface area contributed by atoms with Gasteiger partial charge < -0.3 is 11.5 Å². The van der Waals surface area contributed by atoms with Crippen LogP contribution in [0.4, 0.5) is 5.82 Å². The standard InChI is InChI=1S/C16H17N5O/c17-15-9-10(2-1-3-16(18)22)12-5-4-11(8-14(12)20-15)13-6-7-19-21-13/h4-9H,1-3H2,(H2,17,20)(H2,18,22)(H,19,21). The SMILES string of the molecule is NC(=O)CCCc1cc(N)nc2cc(-c3cc[nH]n3)ccc12. The highest BCUT2D eigenvalue weighted by Gasteiger charge is 2.08. The number of rotatable bonds is 5. The number of nitrogens with two attached hydrogens (primary N) is 2. The molecular formula is C16H17N5O. The van der Waals surface area contributed by atoms with E-state index in [-0.39, 0.29) is 5.91 Å². The van der Waals surface area contributed by atoms with Gasteiger partial charge in [0.25, 0.3) is 0 Å². The molecule has 6 nitrogen and oxygen atoms in total. The molecule has 0 radical (unpaired) electrons. The van der Waals surface area contributed by atoms with Crippen LogP contribution in [-0.2, 0) is 11.2 Å². The lowest BCUT2D eigenvalue weighted by Gasteiger charge is -2.08. The highest BCUT2D eigenvalue weighted by Crippen LogP contribution is 2.26. The first-order valence-corrected chi connectivity index (χ1v) is 7.11. The summed E-state index contributed by atoms with van der Waals surface area (Å²) >= 11 is 0. The number of pyridine rings is 1. The highest BCUT2D eigenvalue weighted by atomic mass is 16.1. The van der Waals surface area contributed by atoms with Crippen molar-refractivity contribution < 1.29 is 4.79 Å². The van der Waals surface area contributed by atoms with Gasteiger partial charge >= 0.3 is 0 Å². The van der Waals surface area contributed by atoms with Gasteiger partial charge in [0.05, 0.1) is 11.2 Å². The Morgan fingerprint density at radius 3 is 2.82 bits per heavy atom. The number of carbonyl (C=O) groups is 1. The molecule has 0 aliphatic rings. The molecule has 2 heterocycles. The Kier molecular flexibility index (Phi) is 3.74. The molecule has 0 aliphatic carbocycles. The first-order chi connectivity index (χ1) is 10.6. The molecule has 5 N–H and O–H groups in total. The summed E-state index contributed by atoms with van der Waals surface area (Å²) in [5.74, 6) is 0.188. The molecule has 1 aromatic carbocycles. The van der Waals surface area contributed by atoms with E-state index in [9.17, 15) is 4.79 Å². The first kappa shape index (κ1) is 14.1. The molecule has 0 aliphatic heterocycles. The second-order valence-electron chi connectivity index (χ2n) is 5.22. The van der Waals surface area contributed by atoms with Crippen molar-refractivity contribution in [3.63, 3.8) is 0 Å². The van der Waals surface area contributed by atoms with Gasteiger partial charge in [0.15, 0.2) is 0 Å². The van der Waals surface area contributed by atoms with Crippen molar-refractivity contribution in [2.75, 3.05) is 5.73 Å². The van der Waals surface area contributed by atoms with Crippen LogP contribution < -0.4 is 11.5 Å². The number of carbonyl (C=O) groups excluding carboxylic acids is 1. The summed E-state index contributed by atoms with van der Waals surface area (Å²) < 4.78 is 0. The van der Waals surface area contributed by atoms with Crippen molar-refractivity contribution in [3.05, 3.63) is 42.1 Å². The zero-order chi connectivity index (χ0) is 15.5. The van der Waals surface area contributed by atoms with E-state index in [2.05, 4.69) is 15.2 Å². The van der Waals surface area contributed by atoms with Crippen LogP contribution in [0.25, 0.3) is 22.2 Å². The van der Waals surface area contributed by atoms with Crippen molar-refractivity contribution in [1.82, 2.24) is 15.2 Å². The summed E-state index contributed by atoms with van der Waals surface area (Å²) in [6.45, 7) is 0. The lowest BCUT2D eigenvalue weighted by Crippen LogP contribution is -2.10. The molecule has 0 spiro atoms.